The minimum atomic E-state index is -0.971. The Bertz CT molecular complexity index is 500. The summed E-state index contributed by atoms with van der Waals surface area (Å²) < 4.78 is 12.0. The number of likely N-dealkylation sites (tertiary alicyclic amines) is 1. The van der Waals surface area contributed by atoms with E-state index >= 15 is 0 Å². The maximum atomic E-state index is 10.2. The van der Waals surface area contributed by atoms with Crippen LogP contribution in [0.4, 0.5) is 0 Å². The van der Waals surface area contributed by atoms with Gasteiger partial charge in [-0.05, 0) is 88.0 Å². The lowest BCUT2D eigenvalue weighted by atomic mass is 9.50. The van der Waals surface area contributed by atoms with Crippen molar-refractivity contribution in [2.45, 2.75) is 82.1 Å². The van der Waals surface area contributed by atoms with Crippen LogP contribution in [0.15, 0.2) is 0 Å². The van der Waals surface area contributed by atoms with Crippen molar-refractivity contribution in [2.24, 2.45) is 23.2 Å². The topological polar surface area (TPSA) is 82.4 Å². The van der Waals surface area contributed by atoms with Crippen LogP contribution in [0.5, 0.6) is 0 Å². The molecule has 4 aliphatic carbocycles. The zero-order valence-electron chi connectivity index (χ0n) is 18.5. The van der Waals surface area contributed by atoms with Gasteiger partial charge in [-0.15, -0.1) is 12.4 Å². The van der Waals surface area contributed by atoms with Gasteiger partial charge < -0.3 is 24.8 Å². The third-order valence-corrected chi connectivity index (χ3v) is 8.18. The standard InChI is InChI=1S/C23H41NO5.ClH/c1-24-13-20(22(27)21(26)19(24)14-25)29-6-4-2-3-5-28-15-23-10-16-7-17(11-23)9-18(8-16)12-23;/h16-22,25-27H,2-15H2,1H3;1H/t16?,17?,18?,19-,20+,21-,22-,23?;/m1./s1. The molecule has 5 aliphatic rings. The first-order chi connectivity index (χ1) is 14.0. The summed E-state index contributed by atoms with van der Waals surface area (Å²) in [6.07, 6.45) is 9.44. The van der Waals surface area contributed by atoms with E-state index in [1.54, 1.807) is 0 Å². The molecule has 7 heteroatoms. The molecule has 1 heterocycles. The van der Waals surface area contributed by atoms with Crippen molar-refractivity contribution in [2.75, 3.05) is 40.0 Å². The van der Waals surface area contributed by atoms with Crippen molar-refractivity contribution in [1.29, 1.82) is 0 Å². The number of aliphatic hydroxyl groups excluding tert-OH is 3. The van der Waals surface area contributed by atoms with E-state index < -0.39 is 24.4 Å². The maximum absolute atomic E-state index is 10.2. The van der Waals surface area contributed by atoms with Crippen molar-refractivity contribution < 1.29 is 24.8 Å². The van der Waals surface area contributed by atoms with Gasteiger partial charge >= 0.3 is 0 Å². The Hall–Kier alpha value is 0.0500. The molecule has 3 N–H and O–H groups in total. The molecule has 5 fully saturated rings. The fourth-order valence-corrected chi connectivity index (χ4v) is 7.11. The Morgan fingerprint density at radius 2 is 1.50 bits per heavy atom. The van der Waals surface area contributed by atoms with Gasteiger partial charge in [0, 0.05) is 19.8 Å². The smallest absolute Gasteiger partial charge is 0.109 e. The summed E-state index contributed by atoms with van der Waals surface area (Å²) >= 11 is 0. The Balaban J connectivity index is 0.00000256. The van der Waals surface area contributed by atoms with Crippen LogP contribution in [-0.2, 0) is 9.47 Å². The number of ether oxygens (including phenoxy) is 2. The second kappa shape index (κ2) is 10.8. The SMILES string of the molecule is CN1C[C@H](OCCCCCOCC23CC4CC(CC(C4)C2)C3)[C@@H](O)[C@H](O)[C@H]1CO.Cl. The molecule has 0 spiro atoms. The minimum absolute atomic E-state index is 0. The fourth-order valence-electron chi connectivity index (χ4n) is 7.11. The molecule has 4 saturated carbocycles. The number of hydrogen-bond acceptors (Lipinski definition) is 6. The molecule has 4 atom stereocenters. The van der Waals surface area contributed by atoms with Crippen molar-refractivity contribution in [1.82, 2.24) is 4.90 Å². The van der Waals surface area contributed by atoms with Crippen LogP contribution < -0.4 is 0 Å². The van der Waals surface area contributed by atoms with E-state index in [1.807, 2.05) is 11.9 Å². The van der Waals surface area contributed by atoms with Gasteiger partial charge in [-0.25, -0.2) is 0 Å². The summed E-state index contributed by atoms with van der Waals surface area (Å²) in [4.78, 5) is 1.86. The normalized spacial score (nSPS) is 43.0. The Morgan fingerprint density at radius 3 is 2.10 bits per heavy atom. The number of rotatable bonds is 10. The molecule has 176 valence electrons. The van der Waals surface area contributed by atoms with Crippen molar-refractivity contribution >= 4 is 12.4 Å². The van der Waals surface area contributed by atoms with Crippen molar-refractivity contribution in [3.05, 3.63) is 0 Å². The van der Waals surface area contributed by atoms with Crippen LogP contribution in [0, 0.1) is 23.2 Å². The van der Waals surface area contributed by atoms with Crippen LogP contribution in [0.25, 0.3) is 0 Å². The van der Waals surface area contributed by atoms with Gasteiger partial charge in [0.1, 0.15) is 12.2 Å². The molecule has 0 radical (unpaired) electrons. The molecule has 0 aromatic heterocycles. The molecule has 0 amide bonds. The molecule has 30 heavy (non-hydrogen) atoms. The third kappa shape index (κ3) is 5.51. The minimum Gasteiger partial charge on any atom is -0.395 e. The molecule has 0 aromatic carbocycles. The van der Waals surface area contributed by atoms with Gasteiger partial charge in [-0.2, -0.15) is 0 Å². The fraction of sp³-hybridized carbons (Fsp3) is 1.00. The van der Waals surface area contributed by atoms with Crippen molar-refractivity contribution in [3.8, 4) is 0 Å². The first kappa shape index (κ1) is 24.7. The molecule has 5 rings (SSSR count). The molecule has 1 aliphatic heterocycles. The predicted molar refractivity (Wildman–Crippen MR) is 118 cm³/mol. The zero-order chi connectivity index (χ0) is 20.4. The van der Waals surface area contributed by atoms with Gasteiger partial charge in [0.2, 0.25) is 0 Å². The maximum Gasteiger partial charge on any atom is 0.109 e. The molecular formula is C23H42ClNO5. The van der Waals surface area contributed by atoms with Crippen LogP contribution in [-0.4, -0.2) is 84.6 Å². The second-order valence-electron chi connectivity index (χ2n) is 10.6. The number of halogens is 1. The summed E-state index contributed by atoms with van der Waals surface area (Å²) in [5.74, 6) is 2.96. The first-order valence-electron chi connectivity index (χ1n) is 11.9. The number of hydrogen-bond donors (Lipinski definition) is 3. The average molecular weight is 448 g/mol. The molecule has 0 aromatic rings. The molecule has 0 unspecified atom stereocenters. The molecule has 1 saturated heterocycles. The van der Waals surface area contributed by atoms with E-state index in [1.165, 1.54) is 38.5 Å². The van der Waals surface area contributed by atoms with E-state index in [-0.39, 0.29) is 19.0 Å². The monoisotopic (exact) mass is 447 g/mol. The third-order valence-electron chi connectivity index (χ3n) is 8.18. The Kier molecular flexibility index (Phi) is 8.87. The van der Waals surface area contributed by atoms with E-state index in [2.05, 4.69) is 0 Å². The summed E-state index contributed by atoms with van der Waals surface area (Å²) in [5.41, 5.74) is 0.508. The highest BCUT2D eigenvalue weighted by Crippen LogP contribution is 2.60. The summed E-state index contributed by atoms with van der Waals surface area (Å²) in [6, 6.07) is -0.420. The predicted octanol–water partition coefficient (Wildman–Crippen LogP) is 2.22. The molecule has 4 bridgehead atoms. The quantitative estimate of drug-likeness (QED) is 0.445. The number of nitrogens with zero attached hydrogens (tertiary/aromatic N) is 1. The van der Waals surface area contributed by atoms with E-state index in [0.29, 0.717) is 18.6 Å². The highest BCUT2D eigenvalue weighted by Gasteiger charge is 2.50. The van der Waals surface area contributed by atoms with E-state index in [0.717, 1.165) is 50.2 Å². The zero-order valence-corrected chi connectivity index (χ0v) is 19.3. The Labute approximate surface area is 187 Å². The van der Waals surface area contributed by atoms with E-state index in [9.17, 15) is 15.3 Å². The number of likely N-dealkylation sites (N-methyl/N-ethyl adjacent to an activating group) is 1. The van der Waals surface area contributed by atoms with Gasteiger partial charge in [-0.1, -0.05) is 0 Å². The largest absolute Gasteiger partial charge is 0.395 e. The van der Waals surface area contributed by atoms with Gasteiger partial charge in [0.05, 0.1) is 25.4 Å². The first-order valence-corrected chi connectivity index (χ1v) is 11.9. The highest BCUT2D eigenvalue weighted by molar-refractivity contribution is 5.85. The van der Waals surface area contributed by atoms with Gasteiger partial charge in [0.15, 0.2) is 0 Å². The summed E-state index contributed by atoms with van der Waals surface area (Å²) in [5, 5.41) is 29.7. The second-order valence-corrected chi connectivity index (χ2v) is 10.6. The number of unbranched alkanes of at least 4 members (excludes halogenated alkanes) is 2. The van der Waals surface area contributed by atoms with Crippen LogP contribution >= 0.6 is 12.4 Å². The van der Waals surface area contributed by atoms with Crippen LogP contribution in [0.1, 0.15) is 57.8 Å². The molecule has 6 nitrogen and oxygen atoms in total. The number of piperidine rings is 1. The summed E-state index contributed by atoms with van der Waals surface area (Å²) in [7, 11) is 1.84. The highest BCUT2D eigenvalue weighted by atomic mass is 35.5. The lowest BCUT2D eigenvalue weighted by molar-refractivity contribution is -0.158. The van der Waals surface area contributed by atoms with Crippen LogP contribution in [0.2, 0.25) is 0 Å². The van der Waals surface area contributed by atoms with Crippen LogP contribution in [0.3, 0.4) is 0 Å². The van der Waals surface area contributed by atoms with Crippen molar-refractivity contribution in [3.63, 3.8) is 0 Å². The van der Waals surface area contributed by atoms with E-state index in [4.69, 9.17) is 9.47 Å². The molecular weight excluding hydrogens is 406 g/mol. The number of aliphatic hydroxyl groups is 3. The van der Waals surface area contributed by atoms with Gasteiger partial charge in [0.25, 0.3) is 0 Å². The summed E-state index contributed by atoms with van der Waals surface area (Å²) in [6.45, 7) is 2.76. The lowest BCUT2D eigenvalue weighted by Crippen LogP contribution is -2.61. The van der Waals surface area contributed by atoms with Gasteiger partial charge in [-0.3, -0.25) is 4.90 Å². The Morgan fingerprint density at radius 1 is 0.900 bits per heavy atom. The average Bonchev–Trinajstić information content (AvgIpc) is 2.67. The lowest BCUT2D eigenvalue weighted by Gasteiger charge is -2.56.